The third kappa shape index (κ3) is 7.81. The molecule has 3 aliphatic heterocycles. The van der Waals surface area contributed by atoms with Gasteiger partial charge in [0.15, 0.2) is 0 Å². The molecule has 0 unspecified atom stereocenters. The standard InChI is InChI=1S/C43H48F3N5O4/c1-28(2)55-37-26-35-33(25-36(37)51-17-7-12-38(51)52)39(41(53)48-42(15-16-42)30-9-4-3-5-10-30)34(40(47-35)29-8-6-11-31(24-29)43(44,45)46)27-49-18-13-32(14-19-49)50-20-22-54-23-21-50/h3-6,8-11,24-26,28,32H,7,12-23,27H2,1-2H3,(H,48,53). The summed E-state index contributed by atoms with van der Waals surface area (Å²) in [5.41, 5.74) is 2.14. The topological polar surface area (TPSA) is 87.2 Å². The molecular weight excluding hydrogens is 707 g/mol. The lowest BCUT2D eigenvalue weighted by atomic mass is 9.92. The van der Waals surface area contributed by atoms with Crippen molar-refractivity contribution in [2.45, 2.75) is 82.8 Å². The first-order chi connectivity index (χ1) is 26.5. The summed E-state index contributed by atoms with van der Waals surface area (Å²) in [6.45, 7) is 9.37. The van der Waals surface area contributed by atoms with Crippen molar-refractivity contribution in [1.82, 2.24) is 20.1 Å². The molecule has 1 N–H and O–H groups in total. The predicted octanol–water partition coefficient (Wildman–Crippen LogP) is 7.55. The van der Waals surface area contributed by atoms with Gasteiger partial charge in [-0.1, -0.05) is 42.5 Å². The summed E-state index contributed by atoms with van der Waals surface area (Å²) in [5.74, 6) is 0.0840. The van der Waals surface area contributed by atoms with Crippen molar-refractivity contribution in [3.63, 3.8) is 0 Å². The molecule has 0 bridgehead atoms. The molecule has 9 nitrogen and oxygen atoms in total. The Hall–Kier alpha value is -4.52. The monoisotopic (exact) mass is 755 g/mol. The van der Waals surface area contributed by atoms with Crippen LogP contribution in [-0.2, 0) is 27.8 Å². The quantitative estimate of drug-likeness (QED) is 0.179. The maximum absolute atomic E-state index is 15.1. The van der Waals surface area contributed by atoms with Gasteiger partial charge in [0.2, 0.25) is 5.91 Å². The highest BCUT2D eigenvalue weighted by atomic mass is 19.4. The van der Waals surface area contributed by atoms with Crippen LogP contribution in [-0.4, -0.2) is 84.7 Å². The lowest BCUT2D eigenvalue weighted by Gasteiger charge is -2.40. The number of anilines is 1. The average Bonchev–Trinajstić information content (AvgIpc) is 3.84. The Kier molecular flexibility index (Phi) is 10.3. The number of aromatic nitrogens is 1. The van der Waals surface area contributed by atoms with Gasteiger partial charge >= 0.3 is 6.18 Å². The van der Waals surface area contributed by atoms with Crippen molar-refractivity contribution in [2.24, 2.45) is 0 Å². The van der Waals surface area contributed by atoms with Crippen molar-refractivity contribution in [1.29, 1.82) is 0 Å². The summed E-state index contributed by atoms with van der Waals surface area (Å²) in [4.78, 5) is 39.9. The molecule has 1 saturated carbocycles. The van der Waals surface area contributed by atoms with Crippen LogP contribution < -0.4 is 15.0 Å². The van der Waals surface area contributed by atoms with E-state index >= 15 is 4.79 Å². The molecule has 1 aromatic heterocycles. The van der Waals surface area contributed by atoms with E-state index in [4.69, 9.17) is 14.5 Å². The zero-order chi connectivity index (χ0) is 38.3. The van der Waals surface area contributed by atoms with Crippen molar-refractivity contribution in [3.8, 4) is 17.0 Å². The van der Waals surface area contributed by atoms with Crippen LogP contribution >= 0.6 is 0 Å². The minimum absolute atomic E-state index is 0.0307. The molecule has 3 aromatic carbocycles. The van der Waals surface area contributed by atoms with E-state index in [9.17, 15) is 18.0 Å². The first-order valence-corrected chi connectivity index (χ1v) is 19.6. The van der Waals surface area contributed by atoms with E-state index in [1.807, 2.05) is 50.2 Å². The highest BCUT2D eigenvalue weighted by Gasteiger charge is 2.46. The van der Waals surface area contributed by atoms with Gasteiger partial charge < -0.3 is 19.7 Å². The molecule has 290 valence electrons. The lowest BCUT2D eigenvalue weighted by molar-refractivity contribution is -0.137. The zero-order valence-corrected chi connectivity index (χ0v) is 31.5. The average molecular weight is 756 g/mol. The van der Waals surface area contributed by atoms with Crippen LogP contribution in [0.15, 0.2) is 66.7 Å². The molecule has 12 heteroatoms. The molecule has 4 aromatic rings. The largest absolute Gasteiger partial charge is 0.489 e. The first kappa shape index (κ1) is 37.4. The number of carbonyl (C=O) groups is 2. The Morgan fingerprint density at radius 2 is 1.73 bits per heavy atom. The van der Waals surface area contributed by atoms with Crippen LogP contribution in [0.25, 0.3) is 22.2 Å². The van der Waals surface area contributed by atoms with Gasteiger partial charge in [-0.2, -0.15) is 13.2 Å². The number of halogens is 3. The van der Waals surface area contributed by atoms with Crippen molar-refractivity contribution in [3.05, 3.63) is 89.0 Å². The third-order valence-electron chi connectivity index (χ3n) is 11.5. The fraction of sp³-hybridized carbons (Fsp3) is 0.465. The number of morpholine rings is 1. The number of fused-ring (bicyclic) bond motifs is 1. The smallest absolute Gasteiger partial charge is 0.416 e. The highest BCUT2D eigenvalue weighted by molar-refractivity contribution is 6.11. The van der Waals surface area contributed by atoms with Crippen LogP contribution in [0.2, 0.25) is 0 Å². The number of ether oxygens (including phenoxy) is 2. The summed E-state index contributed by atoms with van der Waals surface area (Å²) < 4.78 is 54.5. The maximum Gasteiger partial charge on any atom is 0.416 e. The Bertz CT molecular complexity index is 2060. The fourth-order valence-corrected chi connectivity index (χ4v) is 8.53. The van der Waals surface area contributed by atoms with Gasteiger partial charge in [-0.25, -0.2) is 4.98 Å². The van der Waals surface area contributed by atoms with Crippen LogP contribution in [0.1, 0.15) is 79.4 Å². The first-order valence-electron chi connectivity index (χ1n) is 19.6. The normalized spacial score (nSPS) is 19.7. The summed E-state index contributed by atoms with van der Waals surface area (Å²) >= 11 is 0. The molecule has 4 aliphatic rings. The SMILES string of the molecule is CC(C)Oc1cc2nc(-c3cccc(C(F)(F)F)c3)c(CN3CCC(N4CCOCC4)CC3)c(C(=O)NC3(c4ccccc4)CC3)c2cc1N1CCCC1=O. The van der Waals surface area contributed by atoms with Crippen molar-refractivity contribution >= 4 is 28.4 Å². The van der Waals surface area contributed by atoms with E-state index in [0.717, 1.165) is 82.8 Å². The number of piperidine rings is 1. The van der Waals surface area contributed by atoms with Crippen LogP contribution in [0.3, 0.4) is 0 Å². The number of carbonyl (C=O) groups excluding carboxylic acids is 2. The number of nitrogens with zero attached hydrogens (tertiary/aromatic N) is 4. The van der Waals surface area contributed by atoms with Crippen LogP contribution in [0.4, 0.5) is 18.9 Å². The molecular formula is C43H48F3N5O4. The number of nitrogens with one attached hydrogen (secondary N) is 1. The molecule has 3 saturated heterocycles. The number of hydrogen-bond acceptors (Lipinski definition) is 7. The highest BCUT2D eigenvalue weighted by Crippen LogP contribution is 2.47. The molecule has 0 atom stereocenters. The molecule has 0 radical (unpaired) electrons. The molecule has 0 spiro atoms. The number of amides is 2. The van der Waals surface area contributed by atoms with Gasteiger partial charge in [-0.3, -0.25) is 19.4 Å². The second-order valence-electron chi connectivity index (χ2n) is 15.6. The van der Waals surface area contributed by atoms with Gasteiger partial charge in [0.05, 0.1) is 52.9 Å². The number of pyridine rings is 1. The number of rotatable bonds is 10. The number of likely N-dealkylation sites (tertiary alicyclic amines) is 1. The molecule has 4 heterocycles. The predicted molar refractivity (Wildman–Crippen MR) is 205 cm³/mol. The lowest BCUT2D eigenvalue weighted by Crippen LogP contribution is -2.48. The van der Waals surface area contributed by atoms with Gasteiger partial charge in [0, 0.05) is 61.2 Å². The number of alkyl halides is 3. The second kappa shape index (κ2) is 15.2. The van der Waals surface area contributed by atoms with Gasteiger partial charge in [-0.15, -0.1) is 0 Å². The molecule has 4 fully saturated rings. The Morgan fingerprint density at radius 1 is 0.982 bits per heavy atom. The summed E-state index contributed by atoms with van der Waals surface area (Å²) in [7, 11) is 0. The summed E-state index contributed by atoms with van der Waals surface area (Å²) in [6.07, 6.45) is -0.329. The maximum atomic E-state index is 15.1. The van der Waals surface area contributed by atoms with Gasteiger partial charge in [0.25, 0.3) is 5.91 Å². The van der Waals surface area contributed by atoms with E-state index < -0.39 is 17.3 Å². The Labute approximate surface area is 319 Å². The van der Waals surface area contributed by atoms with Crippen molar-refractivity contribution < 1.29 is 32.2 Å². The minimum Gasteiger partial charge on any atom is -0.489 e. The second-order valence-corrected chi connectivity index (χ2v) is 15.6. The van der Waals surface area contributed by atoms with Crippen LogP contribution in [0, 0.1) is 0 Å². The minimum atomic E-state index is -4.57. The van der Waals surface area contributed by atoms with Gasteiger partial charge in [-0.05, 0) is 82.8 Å². The molecule has 55 heavy (non-hydrogen) atoms. The van der Waals surface area contributed by atoms with Crippen molar-refractivity contribution in [2.75, 3.05) is 50.8 Å². The van der Waals surface area contributed by atoms with Gasteiger partial charge in [0.1, 0.15) is 5.75 Å². The molecule has 1 aliphatic carbocycles. The van der Waals surface area contributed by atoms with E-state index in [1.54, 1.807) is 17.0 Å². The van der Waals surface area contributed by atoms with E-state index in [-0.39, 0.29) is 23.5 Å². The number of benzene rings is 3. The van der Waals surface area contributed by atoms with Crippen LogP contribution in [0.5, 0.6) is 5.75 Å². The van der Waals surface area contributed by atoms with E-state index in [0.29, 0.717) is 71.1 Å². The molecule has 2 amide bonds. The van der Waals surface area contributed by atoms with E-state index in [1.165, 1.54) is 6.07 Å². The molecule has 8 rings (SSSR count). The summed E-state index contributed by atoms with van der Waals surface area (Å²) in [6, 6.07) is 19.1. The summed E-state index contributed by atoms with van der Waals surface area (Å²) in [5, 5.41) is 3.91. The Balaban J connectivity index is 1.30. The Morgan fingerprint density at radius 3 is 2.38 bits per heavy atom. The fourth-order valence-electron chi connectivity index (χ4n) is 8.53. The van der Waals surface area contributed by atoms with E-state index in [2.05, 4.69) is 15.1 Å². The zero-order valence-electron chi connectivity index (χ0n) is 31.5. The number of hydrogen-bond donors (Lipinski definition) is 1. The third-order valence-corrected chi connectivity index (χ3v) is 11.5.